The number of fused-ring (bicyclic) bond motifs is 1. The molecule has 1 heterocycles. The highest BCUT2D eigenvalue weighted by molar-refractivity contribution is 6.30. The fourth-order valence-corrected chi connectivity index (χ4v) is 2.36. The lowest BCUT2D eigenvalue weighted by Crippen LogP contribution is -2.27. The molecule has 90 valence electrons. The number of benzene rings is 1. The minimum absolute atomic E-state index is 0.0292. The van der Waals surface area contributed by atoms with Crippen LogP contribution in [0.2, 0.25) is 0 Å². The zero-order chi connectivity index (χ0) is 12.6. The van der Waals surface area contributed by atoms with E-state index in [1.54, 1.807) is 17.0 Å². The molecule has 2 rings (SSSR count). The minimum atomic E-state index is -0.173. The summed E-state index contributed by atoms with van der Waals surface area (Å²) in [5.74, 6) is -0.214. The highest BCUT2D eigenvalue weighted by Crippen LogP contribution is 2.37. The molecule has 1 unspecified atom stereocenters. The SMILES string of the molecule is CCN1C(=O)C(C)c2cc(C(=O)CCl)ccc21. The van der Waals surface area contributed by atoms with Gasteiger partial charge in [-0.2, -0.15) is 0 Å². The van der Waals surface area contributed by atoms with E-state index in [-0.39, 0.29) is 23.5 Å². The molecule has 1 aromatic rings. The second kappa shape index (κ2) is 4.49. The van der Waals surface area contributed by atoms with Gasteiger partial charge in [-0.05, 0) is 37.6 Å². The molecule has 0 fully saturated rings. The van der Waals surface area contributed by atoms with Gasteiger partial charge in [0.1, 0.15) is 0 Å². The fourth-order valence-electron chi connectivity index (χ4n) is 2.21. The summed E-state index contributed by atoms with van der Waals surface area (Å²) in [6.07, 6.45) is 0. The normalized spacial score (nSPS) is 18.4. The lowest BCUT2D eigenvalue weighted by Gasteiger charge is -2.14. The van der Waals surface area contributed by atoms with Crippen LogP contribution < -0.4 is 4.90 Å². The third kappa shape index (κ3) is 1.84. The van der Waals surface area contributed by atoms with Gasteiger partial charge in [0.2, 0.25) is 5.91 Å². The quantitative estimate of drug-likeness (QED) is 0.612. The van der Waals surface area contributed by atoms with Crippen molar-refractivity contribution in [2.45, 2.75) is 19.8 Å². The number of hydrogen-bond acceptors (Lipinski definition) is 2. The summed E-state index contributed by atoms with van der Waals surface area (Å²) in [6, 6.07) is 5.36. The molecule has 0 spiro atoms. The van der Waals surface area contributed by atoms with Crippen molar-refractivity contribution in [2.75, 3.05) is 17.3 Å². The Morgan fingerprint density at radius 1 is 1.47 bits per heavy atom. The average molecular weight is 252 g/mol. The molecule has 3 nitrogen and oxygen atoms in total. The Morgan fingerprint density at radius 3 is 2.76 bits per heavy atom. The van der Waals surface area contributed by atoms with Crippen LogP contribution in [0, 0.1) is 0 Å². The molecule has 0 saturated heterocycles. The smallest absolute Gasteiger partial charge is 0.234 e. The van der Waals surface area contributed by atoms with E-state index >= 15 is 0 Å². The zero-order valence-electron chi connectivity index (χ0n) is 9.87. The van der Waals surface area contributed by atoms with Gasteiger partial charge in [0.05, 0.1) is 11.8 Å². The standard InChI is InChI=1S/C13H14ClNO2/c1-3-15-11-5-4-9(12(16)7-14)6-10(11)8(2)13(15)17/h4-6,8H,3,7H2,1-2H3. The van der Waals surface area contributed by atoms with Crippen LogP contribution in [-0.4, -0.2) is 24.1 Å². The molecule has 0 aliphatic carbocycles. The van der Waals surface area contributed by atoms with Crippen molar-refractivity contribution in [1.82, 2.24) is 0 Å². The molecule has 1 atom stereocenters. The lowest BCUT2D eigenvalue weighted by atomic mass is 9.99. The molecule has 0 saturated carbocycles. The van der Waals surface area contributed by atoms with Crippen LogP contribution in [-0.2, 0) is 4.79 Å². The first-order chi connectivity index (χ1) is 8.10. The Morgan fingerprint density at radius 2 is 2.18 bits per heavy atom. The second-order valence-corrected chi connectivity index (χ2v) is 4.40. The van der Waals surface area contributed by atoms with Crippen molar-refractivity contribution in [2.24, 2.45) is 0 Å². The Kier molecular flexibility index (Phi) is 3.20. The van der Waals surface area contributed by atoms with Crippen LogP contribution in [0.1, 0.15) is 35.7 Å². The molecule has 0 bridgehead atoms. The number of alkyl halides is 1. The summed E-state index contributed by atoms with van der Waals surface area (Å²) >= 11 is 5.53. The number of ketones is 1. The number of halogens is 1. The van der Waals surface area contributed by atoms with Gasteiger partial charge in [-0.15, -0.1) is 11.6 Å². The van der Waals surface area contributed by atoms with E-state index in [0.717, 1.165) is 11.3 Å². The van der Waals surface area contributed by atoms with E-state index in [9.17, 15) is 9.59 Å². The molecule has 17 heavy (non-hydrogen) atoms. The van der Waals surface area contributed by atoms with Gasteiger partial charge in [0.25, 0.3) is 0 Å². The maximum atomic E-state index is 12.0. The van der Waals surface area contributed by atoms with E-state index in [2.05, 4.69) is 0 Å². The molecule has 1 amide bonds. The number of hydrogen-bond donors (Lipinski definition) is 0. The van der Waals surface area contributed by atoms with Crippen LogP contribution in [0.4, 0.5) is 5.69 Å². The van der Waals surface area contributed by atoms with Crippen LogP contribution in [0.5, 0.6) is 0 Å². The van der Waals surface area contributed by atoms with E-state index < -0.39 is 0 Å². The van der Waals surface area contributed by atoms with E-state index in [4.69, 9.17) is 11.6 Å². The van der Waals surface area contributed by atoms with E-state index in [1.807, 2.05) is 19.9 Å². The van der Waals surface area contributed by atoms with Crippen molar-refractivity contribution < 1.29 is 9.59 Å². The highest BCUT2D eigenvalue weighted by Gasteiger charge is 2.33. The number of Topliss-reactive ketones (excluding diaryl/α,β-unsaturated/α-hetero) is 1. The summed E-state index contributed by atoms with van der Waals surface area (Å²) in [7, 11) is 0. The number of carbonyl (C=O) groups excluding carboxylic acids is 2. The summed E-state index contributed by atoms with van der Waals surface area (Å²) < 4.78 is 0. The first-order valence-corrected chi connectivity index (χ1v) is 6.18. The molecule has 4 heteroatoms. The molecular weight excluding hydrogens is 238 g/mol. The first kappa shape index (κ1) is 12.1. The van der Waals surface area contributed by atoms with Gasteiger partial charge in [-0.3, -0.25) is 9.59 Å². The third-order valence-corrected chi connectivity index (χ3v) is 3.42. The molecule has 1 aliphatic heterocycles. The zero-order valence-corrected chi connectivity index (χ0v) is 10.6. The summed E-state index contributed by atoms with van der Waals surface area (Å²) in [6.45, 7) is 4.46. The van der Waals surface area contributed by atoms with Gasteiger partial charge in [0, 0.05) is 17.8 Å². The van der Waals surface area contributed by atoms with Gasteiger partial charge >= 0.3 is 0 Å². The summed E-state index contributed by atoms with van der Waals surface area (Å²) in [5.41, 5.74) is 2.42. The number of amides is 1. The van der Waals surface area contributed by atoms with Crippen molar-refractivity contribution in [3.05, 3.63) is 29.3 Å². The Hall–Kier alpha value is -1.35. The molecular formula is C13H14ClNO2. The topological polar surface area (TPSA) is 37.4 Å². The Balaban J connectivity index is 2.48. The second-order valence-electron chi connectivity index (χ2n) is 4.13. The number of rotatable bonds is 3. The maximum absolute atomic E-state index is 12.0. The van der Waals surface area contributed by atoms with E-state index in [1.165, 1.54) is 0 Å². The van der Waals surface area contributed by atoms with Crippen molar-refractivity contribution in [1.29, 1.82) is 0 Å². The molecule has 1 aromatic carbocycles. The Bertz CT molecular complexity index is 484. The summed E-state index contributed by atoms with van der Waals surface area (Å²) in [5, 5.41) is 0. The number of nitrogens with zero attached hydrogens (tertiary/aromatic N) is 1. The van der Waals surface area contributed by atoms with Gasteiger partial charge in [0.15, 0.2) is 5.78 Å². The van der Waals surface area contributed by atoms with Crippen molar-refractivity contribution in [3.63, 3.8) is 0 Å². The van der Waals surface area contributed by atoms with Crippen LogP contribution >= 0.6 is 11.6 Å². The monoisotopic (exact) mass is 251 g/mol. The predicted molar refractivity (Wildman–Crippen MR) is 67.9 cm³/mol. The van der Waals surface area contributed by atoms with Crippen molar-refractivity contribution >= 4 is 29.0 Å². The minimum Gasteiger partial charge on any atom is -0.312 e. The lowest BCUT2D eigenvalue weighted by molar-refractivity contribution is -0.118. The predicted octanol–water partition coefficient (Wildman–Crippen LogP) is 2.58. The van der Waals surface area contributed by atoms with Gasteiger partial charge < -0.3 is 4.90 Å². The number of carbonyl (C=O) groups is 2. The van der Waals surface area contributed by atoms with Crippen molar-refractivity contribution in [3.8, 4) is 0 Å². The van der Waals surface area contributed by atoms with Gasteiger partial charge in [-0.25, -0.2) is 0 Å². The Labute approximate surface area is 105 Å². The third-order valence-electron chi connectivity index (χ3n) is 3.18. The average Bonchev–Trinajstić information content (AvgIpc) is 2.60. The van der Waals surface area contributed by atoms with Crippen LogP contribution in [0.3, 0.4) is 0 Å². The molecule has 1 aliphatic rings. The largest absolute Gasteiger partial charge is 0.312 e. The number of likely N-dealkylation sites (N-methyl/N-ethyl adjacent to an activating group) is 1. The summed E-state index contributed by atoms with van der Waals surface area (Å²) in [4.78, 5) is 25.2. The maximum Gasteiger partial charge on any atom is 0.234 e. The van der Waals surface area contributed by atoms with Crippen LogP contribution in [0.15, 0.2) is 18.2 Å². The first-order valence-electron chi connectivity index (χ1n) is 5.64. The van der Waals surface area contributed by atoms with E-state index in [0.29, 0.717) is 12.1 Å². The van der Waals surface area contributed by atoms with Crippen LogP contribution in [0.25, 0.3) is 0 Å². The molecule has 0 aromatic heterocycles. The molecule has 0 N–H and O–H groups in total. The number of anilines is 1. The fraction of sp³-hybridized carbons (Fsp3) is 0.385. The van der Waals surface area contributed by atoms with Gasteiger partial charge in [-0.1, -0.05) is 0 Å². The molecule has 0 radical (unpaired) electrons. The highest BCUT2D eigenvalue weighted by atomic mass is 35.5.